The third kappa shape index (κ3) is 2.92. The molecule has 0 saturated carbocycles. The van der Waals surface area contributed by atoms with Crippen molar-refractivity contribution in [2.24, 2.45) is 7.05 Å². The Morgan fingerprint density at radius 1 is 1.41 bits per heavy atom. The summed E-state index contributed by atoms with van der Waals surface area (Å²) in [5.74, 6) is 0.0155. The first kappa shape index (κ1) is 16.3. The summed E-state index contributed by atoms with van der Waals surface area (Å²) in [7, 11) is 1.54. The Bertz CT molecular complexity index is 875. The first-order valence-electron chi connectivity index (χ1n) is 6.73. The zero-order valence-electron chi connectivity index (χ0n) is 13.0. The van der Waals surface area contributed by atoms with Crippen LogP contribution in [0.1, 0.15) is 20.8 Å². The number of H-pyrrole nitrogens is 1. The van der Waals surface area contributed by atoms with Gasteiger partial charge in [0.1, 0.15) is 5.78 Å². The Labute approximate surface area is 131 Å². The predicted molar refractivity (Wildman–Crippen MR) is 86.4 cm³/mol. The number of nitrogens with zero attached hydrogens (tertiary/aromatic N) is 3. The molecule has 0 aliphatic carbocycles. The van der Waals surface area contributed by atoms with Crippen molar-refractivity contribution >= 4 is 28.7 Å². The number of aromatic nitrogens is 4. The smallest absolute Gasteiger partial charge is 0.309 e. The third-order valence-corrected chi connectivity index (χ3v) is 4.46. The molecule has 2 aromatic heterocycles. The van der Waals surface area contributed by atoms with Crippen LogP contribution in [0.5, 0.6) is 0 Å². The van der Waals surface area contributed by atoms with Crippen molar-refractivity contribution in [1.82, 2.24) is 19.1 Å². The molecule has 0 spiro atoms. The van der Waals surface area contributed by atoms with Gasteiger partial charge in [-0.1, -0.05) is 23.9 Å². The molecule has 2 rings (SSSR count). The molecule has 2 heterocycles. The second-order valence-corrected chi connectivity index (χ2v) is 6.61. The fourth-order valence-corrected chi connectivity index (χ4v) is 2.87. The number of rotatable bonds is 5. The van der Waals surface area contributed by atoms with E-state index >= 15 is 0 Å². The Hall–Kier alpha value is -2.09. The van der Waals surface area contributed by atoms with E-state index in [0.717, 1.165) is 5.57 Å². The van der Waals surface area contributed by atoms with E-state index < -0.39 is 11.2 Å². The molecule has 0 aliphatic heterocycles. The maximum absolute atomic E-state index is 12.2. The Morgan fingerprint density at radius 2 is 2.05 bits per heavy atom. The van der Waals surface area contributed by atoms with Gasteiger partial charge in [-0.3, -0.25) is 19.1 Å². The summed E-state index contributed by atoms with van der Waals surface area (Å²) >= 11 is 1.26. The van der Waals surface area contributed by atoms with Crippen LogP contribution >= 0.6 is 11.8 Å². The first-order chi connectivity index (χ1) is 10.2. The number of Topliss-reactive ketones (excluding diaryl/α,β-unsaturated/α-hetero) is 1. The Balaban J connectivity index is 2.74. The van der Waals surface area contributed by atoms with Crippen molar-refractivity contribution in [3.63, 3.8) is 0 Å². The van der Waals surface area contributed by atoms with Gasteiger partial charge in [0.05, 0.1) is 5.25 Å². The number of aromatic amines is 1. The zero-order chi connectivity index (χ0) is 16.6. The third-order valence-electron chi connectivity index (χ3n) is 3.25. The summed E-state index contributed by atoms with van der Waals surface area (Å²) in [6.45, 7) is 9.37. The summed E-state index contributed by atoms with van der Waals surface area (Å²) in [5.41, 5.74) is 0.435. The number of nitrogens with one attached hydrogen (secondary N) is 1. The lowest BCUT2D eigenvalue weighted by Crippen LogP contribution is -2.29. The van der Waals surface area contributed by atoms with E-state index in [0.29, 0.717) is 22.9 Å². The van der Waals surface area contributed by atoms with Crippen molar-refractivity contribution in [1.29, 1.82) is 0 Å². The molecule has 0 radical (unpaired) electrons. The van der Waals surface area contributed by atoms with E-state index in [2.05, 4.69) is 16.5 Å². The van der Waals surface area contributed by atoms with E-state index in [9.17, 15) is 14.4 Å². The van der Waals surface area contributed by atoms with E-state index in [-0.39, 0.29) is 11.0 Å². The number of carbonyl (C=O) groups excluding carboxylic acids is 1. The fraction of sp³-hybridized carbons (Fsp3) is 0.429. The molecule has 0 amide bonds. The van der Waals surface area contributed by atoms with Gasteiger partial charge in [-0.05, 0) is 20.8 Å². The highest BCUT2D eigenvalue weighted by Crippen LogP contribution is 2.26. The molecule has 0 unspecified atom stereocenters. The molecule has 2 aromatic rings. The minimum atomic E-state index is -0.520. The van der Waals surface area contributed by atoms with Crippen LogP contribution in [0, 0.1) is 0 Å². The number of allylic oxidation sites excluding steroid dienone is 1. The van der Waals surface area contributed by atoms with Gasteiger partial charge in [-0.25, -0.2) is 9.78 Å². The largest absolute Gasteiger partial charge is 0.329 e. The second kappa shape index (κ2) is 5.96. The van der Waals surface area contributed by atoms with Gasteiger partial charge in [0.2, 0.25) is 0 Å². The number of imidazole rings is 1. The highest BCUT2D eigenvalue weighted by molar-refractivity contribution is 8.00. The van der Waals surface area contributed by atoms with Crippen molar-refractivity contribution in [2.45, 2.75) is 37.7 Å². The van der Waals surface area contributed by atoms with Gasteiger partial charge in [-0.15, -0.1) is 0 Å². The predicted octanol–water partition coefficient (Wildman–Crippen LogP) is 1.07. The van der Waals surface area contributed by atoms with Gasteiger partial charge >= 0.3 is 5.69 Å². The summed E-state index contributed by atoms with van der Waals surface area (Å²) in [5, 5.41) is 0.226. The summed E-state index contributed by atoms with van der Waals surface area (Å²) in [4.78, 5) is 42.0. The number of hydrogen-bond acceptors (Lipinski definition) is 5. The van der Waals surface area contributed by atoms with E-state index in [1.807, 2.05) is 6.92 Å². The van der Waals surface area contributed by atoms with Crippen LogP contribution in [0.2, 0.25) is 0 Å². The van der Waals surface area contributed by atoms with Gasteiger partial charge in [0.25, 0.3) is 5.56 Å². The molecule has 8 heteroatoms. The number of aryl methyl sites for hydroxylation is 1. The van der Waals surface area contributed by atoms with E-state index in [4.69, 9.17) is 0 Å². The molecular formula is C14H18N4O3S. The van der Waals surface area contributed by atoms with Crippen molar-refractivity contribution in [3.8, 4) is 0 Å². The standard InChI is InChI=1S/C14H18N4O3S/c1-7(2)6-18-10-11(17(5)13(21)16-12(10)20)15-14(18)22-9(4)8(3)19/h9H,1,6H2,2-5H3,(H,16,20,21)/t9-/m1/s1. The quantitative estimate of drug-likeness (QED) is 0.657. The number of ketones is 1. The highest BCUT2D eigenvalue weighted by atomic mass is 32.2. The molecule has 0 bridgehead atoms. The number of fused-ring (bicyclic) bond motifs is 1. The lowest BCUT2D eigenvalue weighted by Gasteiger charge is -2.10. The summed E-state index contributed by atoms with van der Waals surface area (Å²) in [6.07, 6.45) is 0. The maximum atomic E-state index is 12.2. The van der Waals surface area contributed by atoms with Gasteiger partial charge < -0.3 is 4.57 Å². The fourth-order valence-electron chi connectivity index (χ4n) is 1.96. The topological polar surface area (TPSA) is 89.8 Å². The van der Waals surface area contributed by atoms with Crippen molar-refractivity contribution in [3.05, 3.63) is 33.0 Å². The number of thioether (sulfide) groups is 1. The lowest BCUT2D eigenvalue weighted by molar-refractivity contribution is -0.116. The molecule has 1 N–H and O–H groups in total. The Morgan fingerprint density at radius 3 is 2.59 bits per heavy atom. The number of hydrogen-bond donors (Lipinski definition) is 1. The molecule has 22 heavy (non-hydrogen) atoms. The van der Waals surface area contributed by atoms with Crippen LogP contribution in [-0.2, 0) is 18.4 Å². The van der Waals surface area contributed by atoms with Crippen LogP contribution in [0.4, 0.5) is 0 Å². The van der Waals surface area contributed by atoms with Crippen LogP contribution in [0.3, 0.4) is 0 Å². The lowest BCUT2D eigenvalue weighted by atomic mass is 10.3. The van der Waals surface area contributed by atoms with Gasteiger partial charge in [0.15, 0.2) is 16.3 Å². The van der Waals surface area contributed by atoms with Crippen LogP contribution in [-0.4, -0.2) is 30.1 Å². The molecule has 1 atom stereocenters. The first-order valence-corrected chi connectivity index (χ1v) is 7.61. The minimum absolute atomic E-state index is 0.0155. The molecule has 0 aliphatic rings. The zero-order valence-corrected chi connectivity index (χ0v) is 13.8. The van der Waals surface area contributed by atoms with E-state index in [1.165, 1.54) is 23.3 Å². The van der Waals surface area contributed by atoms with E-state index in [1.54, 1.807) is 18.5 Å². The van der Waals surface area contributed by atoms with Crippen LogP contribution in [0.25, 0.3) is 11.2 Å². The monoisotopic (exact) mass is 322 g/mol. The summed E-state index contributed by atoms with van der Waals surface area (Å²) < 4.78 is 2.98. The summed E-state index contributed by atoms with van der Waals surface area (Å²) in [6, 6.07) is 0. The van der Waals surface area contributed by atoms with Crippen LogP contribution < -0.4 is 11.2 Å². The molecule has 0 fully saturated rings. The molecule has 0 aromatic carbocycles. The molecule has 118 valence electrons. The van der Waals surface area contributed by atoms with Crippen molar-refractivity contribution < 1.29 is 4.79 Å². The van der Waals surface area contributed by atoms with Crippen LogP contribution in [0.15, 0.2) is 26.9 Å². The van der Waals surface area contributed by atoms with Crippen molar-refractivity contribution in [2.75, 3.05) is 0 Å². The van der Waals surface area contributed by atoms with Gasteiger partial charge in [0, 0.05) is 13.6 Å². The molecular weight excluding hydrogens is 304 g/mol. The molecule has 7 nitrogen and oxygen atoms in total. The normalized spacial score (nSPS) is 12.5. The average molecular weight is 322 g/mol. The Kier molecular flexibility index (Phi) is 4.41. The minimum Gasteiger partial charge on any atom is -0.309 e. The molecule has 0 saturated heterocycles. The maximum Gasteiger partial charge on any atom is 0.329 e. The average Bonchev–Trinajstić information content (AvgIpc) is 2.74. The van der Waals surface area contributed by atoms with Gasteiger partial charge in [-0.2, -0.15) is 0 Å². The highest BCUT2D eigenvalue weighted by Gasteiger charge is 2.20. The number of carbonyl (C=O) groups is 1. The SMILES string of the molecule is C=C(C)Cn1c(S[C@H](C)C(C)=O)nc2c1c(=O)[nH]c(=O)n2C. The second-order valence-electron chi connectivity index (χ2n) is 5.30.